The Morgan fingerprint density at radius 3 is 2.75 bits per heavy atom. The average molecular weight is 224 g/mol. The lowest BCUT2D eigenvalue weighted by Gasteiger charge is -2.22. The molecule has 1 aromatic rings. The van der Waals surface area contributed by atoms with Crippen LogP contribution in [0.2, 0.25) is 0 Å². The molecule has 0 spiro atoms. The van der Waals surface area contributed by atoms with E-state index in [1.54, 1.807) is 0 Å². The molecule has 1 aliphatic heterocycles. The molecular formula is C11H20N4O. The summed E-state index contributed by atoms with van der Waals surface area (Å²) in [6, 6.07) is 0. The summed E-state index contributed by atoms with van der Waals surface area (Å²) in [6.45, 7) is 6.82. The standard InChI is InChI=1S/C11H20N4O/c1-8(2)11-13-10(14-15-11)7-16-9-3-5-12-6-4-9/h8-9,12H,3-7H2,1-2H3,(H,13,14,15). The molecule has 0 aromatic carbocycles. The highest BCUT2D eigenvalue weighted by Crippen LogP contribution is 2.11. The molecule has 0 aliphatic carbocycles. The Hall–Kier alpha value is -0.940. The van der Waals surface area contributed by atoms with Crippen LogP contribution in [0.4, 0.5) is 0 Å². The van der Waals surface area contributed by atoms with E-state index < -0.39 is 0 Å². The van der Waals surface area contributed by atoms with Gasteiger partial charge in [-0.15, -0.1) is 0 Å². The fourth-order valence-electron chi connectivity index (χ4n) is 1.79. The van der Waals surface area contributed by atoms with Gasteiger partial charge < -0.3 is 10.1 Å². The minimum absolute atomic E-state index is 0.365. The summed E-state index contributed by atoms with van der Waals surface area (Å²) >= 11 is 0. The van der Waals surface area contributed by atoms with Crippen molar-refractivity contribution in [1.29, 1.82) is 0 Å². The Kier molecular flexibility index (Phi) is 3.90. The van der Waals surface area contributed by atoms with E-state index in [0.29, 0.717) is 18.6 Å². The molecule has 2 heterocycles. The van der Waals surface area contributed by atoms with Crippen LogP contribution >= 0.6 is 0 Å². The van der Waals surface area contributed by atoms with Crippen LogP contribution in [0, 0.1) is 0 Å². The highest BCUT2D eigenvalue weighted by molar-refractivity contribution is 4.93. The van der Waals surface area contributed by atoms with Crippen molar-refractivity contribution in [2.75, 3.05) is 13.1 Å². The predicted molar refractivity (Wildman–Crippen MR) is 61.2 cm³/mol. The van der Waals surface area contributed by atoms with Gasteiger partial charge in [0, 0.05) is 5.92 Å². The van der Waals surface area contributed by atoms with Gasteiger partial charge in [-0.05, 0) is 25.9 Å². The summed E-state index contributed by atoms with van der Waals surface area (Å²) in [5, 5.41) is 10.4. The van der Waals surface area contributed by atoms with Gasteiger partial charge in [0.15, 0.2) is 11.6 Å². The molecule has 2 N–H and O–H groups in total. The fraction of sp³-hybridized carbons (Fsp3) is 0.818. The first-order valence-corrected chi connectivity index (χ1v) is 5.99. The van der Waals surface area contributed by atoms with Crippen molar-refractivity contribution in [3.63, 3.8) is 0 Å². The van der Waals surface area contributed by atoms with E-state index in [1.165, 1.54) is 0 Å². The number of aromatic amines is 1. The molecule has 90 valence electrons. The maximum atomic E-state index is 5.79. The summed E-state index contributed by atoms with van der Waals surface area (Å²) in [7, 11) is 0. The normalized spacial score (nSPS) is 18.2. The number of piperidine rings is 1. The van der Waals surface area contributed by atoms with E-state index in [2.05, 4.69) is 34.3 Å². The van der Waals surface area contributed by atoms with Crippen LogP contribution in [0.3, 0.4) is 0 Å². The lowest BCUT2D eigenvalue weighted by molar-refractivity contribution is 0.0179. The highest BCUT2D eigenvalue weighted by Gasteiger charge is 2.14. The minimum Gasteiger partial charge on any atom is -0.370 e. The maximum Gasteiger partial charge on any atom is 0.153 e. The number of hydrogen-bond acceptors (Lipinski definition) is 4. The molecule has 0 bridgehead atoms. The Labute approximate surface area is 96.0 Å². The second-order valence-electron chi connectivity index (χ2n) is 4.56. The fourth-order valence-corrected chi connectivity index (χ4v) is 1.79. The van der Waals surface area contributed by atoms with Gasteiger partial charge in [-0.25, -0.2) is 4.98 Å². The van der Waals surface area contributed by atoms with E-state index in [1.807, 2.05) is 0 Å². The van der Waals surface area contributed by atoms with Gasteiger partial charge in [-0.1, -0.05) is 13.8 Å². The largest absolute Gasteiger partial charge is 0.370 e. The van der Waals surface area contributed by atoms with Gasteiger partial charge in [0.25, 0.3) is 0 Å². The maximum absolute atomic E-state index is 5.79. The first-order valence-electron chi connectivity index (χ1n) is 5.99. The van der Waals surface area contributed by atoms with Crippen LogP contribution < -0.4 is 5.32 Å². The second-order valence-corrected chi connectivity index (χ2v) is 4.56. The van der Waals surface area contributed by atoms with E-state index >= 15 is 0 Å². The number of hydrogen-bond donors (Lipinski definition) is 2. The molecule has 1 aliphatic rings. The molecule has 0 saturated carbocycles. The number of aromatic nitrogens is 3. The molecule has 1 aromatic heterocycles. The molecule has 5 nitrogen and oxygen atoms in total. The number of rotatable bonds is 4. The van der Waals surface area contributed by atoms with Crippen molar-refractivity contribution in [3.8, 4) is 0 Å². The monoisotopic (exact) mass is 224 g/mol. The van der Waals surface area contributed by atoms with Gasteiger partial charge in [-0.3, -0.25) is 5.10 Å². The zero-order chi connectivity index (χ0) is 11.4. The zero-order valence-electron chi connectivity index (χ0n) is 9.99. The first kappa shape index (κ1) is 11.5. The number of ether oxygens (including phenoxy) is 1. The Bertz CT molecular complexity index is 318. The summed E-state index contributed by atoms with van der Waals surface area (Å²) in [4.78, 5) is 4.39. The quantitative estimate of drug-likeness (QED) is 0.806. The van der Waals surface area contributed by atoms with Gasteiger partial charge in [0.05, 0.1) is 6.10 Å². The third-order valence-electron chi connectivity index (χ3n) is 2.81. The number of nitrogens with zero attached hydrogens (tertiary/aromatic N) is 2. The predicted octanol–water partition coefficient (Wildman–Crippen LogP) is 1.20. The van der Waals surface area contributed by atoms with E-state index in [4.69, 9.17) is 4.74 Å². The van der Waals surface area contributed by atoms with Crippen LogP contribution in [0.25, 0.3) is 0 Å². The van der Waals surface area contributed by atoms with Gasteiger partial charge >= 0.3 is 0 Å². The lowest BCUT2D eigenvalue weighted by Crippen LogP contribution is -2.32. The van der Waals surface area contributed by atoms with Crippen molar-refractivity contribution in [1.82, 2.24) is 20.5 Å². The van der Waals surface area contributed by atoms with Crippen molar-refractivity contribution in [3.05, 3.63) is 11.6 Å². The molecule has 5 heteroatoms. The van der Waals surface area contributed by atoms with E-state index in [-0.39, 0.29) is 0 Å². The molecule has 16 heavy (non-hydrogen) atoms. The Morgan fingerprint density at radius 2 is 2.12 bits per heavy atom. The molecule has 0 radical (unpaired) electrons. The molecule has 1 fully saturated rings. The Balaban J connectivity index is 1.79. The molecule has 1 saturated heterocycles. The second kappa shape index (κ2) is 5.41. The van der Waals surface area contributed by atoms with Crippen molar-refractivity contribution in [2.24, 2.45) is 0 Å². The third kappa shape index (κ3) is 3.02. The van der Waals surface area contributed by atoms with Crippen molar-refractivity contribution in [2.45, 2.75) is 45.3 Å². The molecule has 0 amide bonds. The molecule has 0 atom stereocenters. The summed E-state index contributed by atoms with van der Waals surface area (Å²) in [5.74, 6) is 2.06. The zero-order valence-corrected chi connectivity index (χ0v) is 9.99. The molecule has 0 unspecified atom stereocenters. The van der Waals surface area contributed by atoms with Gasteiger partial charge in [-0.2, -0.15) is 5.10 Å². The van der Waals surface area contributed by atoms with Gasteiger partial charge in [0.2, 0.25) is 0 Å². The van der Waals surface area contributed by atoms with Crippen LogP contribution in [0.1, 0.15) is 44.3 Å². The van der Waals surface area contributed by atoms with Crippen LogP contribution in [-0.2, 0) is 11.3 Å². The van der Waals surface area contributed by atoms with E-state index in [9.17, 15) is 0 Å². The van der Waals surface area contributed by atoms with Crippen LogP contribution in [-0.4, -0.2) is 34.4 Å². The smallest absolute Gasteiger partial charge is 0.153 e. The average Bonchev–Trinajstić information content (AvgIpc) is 2.76. The molecule has 2 rings (SSSR count). The van der Waals surface area contributed by atoms with Crippen molar-refractivity contribution < 1.29 is 4.74 Å². The lowest BCUT2D eigenvalue weighted by atomic mass is 10.1. The van der Waals surface area contributed by atoms with Crippen LogP contribution in [0.15, 0.2) is 0 Å². The third-order valence-corrected chi connectivity index (χ3v) is 2.81. The SMILES string of the molecule is CC(C)c1n[nH]c(COC2CCNCC2)n1. The van der Waals surface area contributed by atoms with Gasteiger partial charge in [0.1, 0.15) is 6.61 Å². The van der Waals surface area contributed by atoms with Crippen LogP contribution in [0.5, 0.6) is 0 Å². The summed E-state index contributed by atoms with van der Waals surface area (Å²) in [5.41, 5.74) is 0. The summed E-state index contributed by atoms with van der Waals surface area (Å²) in [6.07, 6.45) is 2.55. The first-order chi connectivity index (χ1) is 7.75. The number of nitrogens with one attached hydrogen (secondary N) is 2. The van der Waals surface area contributed by atoms with E-state index in [0.717, 1.165) is 37.6 Å². The molecular weight excluding hydrogens is 204 g/mol. The van der Waals surface area contributed by atoms with Crippen molar-refractivity contribution >= 4 is 0 Å². The highest BCUT2D eigenvalue weighted by atomic mass is 16.5. The topological polar surface area (TPSA) is 62.8 Å². The number of H-pyrrole nitrogens is 1. The minimum atomic E-state index is 0.365. The summed E-state index contributed by atoms with van der Waals surface area (Å²) < 4.78 is 5.79. The Morgan fingerprint density at radius 1 is 1.38 bits per heavy atom.